The van der Waals surface area contributed by atoms with E-state index >= 15 is 0 Å². The molecule has 122 valence electrons. The molecule has 0 spiro atoms. The van der Waals surface area contributed by atoms with Crippen molar-refractivity contribution in [3.05, 3.63) is 75.5 Å². The average molecular weight is 342 g/mol. The van der Waals surface area contributed by atoms with Crippen molar-refractivity contribution in [3.63, 3.8) is 0 Å². The normalized spacial score (nSPS) is 12.1. The maximum atomic E-state index is 12.3. The monoisotopic (exact) mass is 341 g/mol. The van der Waals surface area contributed by atoms with Gasteiger partial charge in [-0.25, -0.2) is 0 Å². The van der Waals surface area contributed by atoms with Crippen LogP contribution in [0.3, 0.4) is 0 Å². The minimum atomic E-state index is -0.191. The minimum absolute atomic E-state index is 0.0334. The number of carbonyl (C=O) groups is 1. The van der Waals surface area contributed by atoms with Gasteiger partial charge in [-0.3, -0.25) is 14.3 Å². The second-order valence-electron chi connectivity index (χ2n) is 5.53. The molecule has 0 aliphatic rings. The molecule has 6 heteroatoms. The van der Waals surface area contributed by atoms with E-state index in [0.717, 1.165) is 5.56 Å². The Morgan fingerprint density at radius 2 is 2.04 bits per heavy atom. The first-order valence-corrected chi connectivity index (χ1v) is 7.92. The van der Waals surface area contributed by atoms with Crippen LogP contribution < -0.4 is 10.7 Å². The number of halogens is 1. The summed E-state index contributed by atoms with van der Waals surface area (Å²) in [6.07, 6.45) is 1.23. The molecule has 1 unspecified atom stereocenters. The number of benzene rings is 2. The van der Waals surface area contributed by atoms with Crippen molar-refractivity contribution < 1.29 is 4.79 Å². The Morgan fingerprint density at radius 3 is 2.83 bits per heavy atom. The summed E-state index contributed by atoms with van der Waals surface area (Å²) in [4.78, 5) is 24.1. The van der Waals surface area contributed by atoms with Crippen molar-refractivity contribution in [1.82, 2.24) is 15.1 Å². The third-order valence-electron chi connectivity index (χ3n) is 3.78. The molecule has 0 fully saturated rings. The molecule has 0 radical (unpaired) electrons. The predicted molar refractivity (Wildman–Crippen MR) is 94.0 cm³/mol. The molecule has 5 nitrogen and oxygen atoms in total. The number of hydrogen-bond acceptors (Lipinski definition) is 3. The summed E-state index contributed by atoms with van der Waals surface area (Å²) in [5, 5.41) is 8.15. The van der Waals surface area contributed by atoms with Gasteiger partial charge in [0.15, 0.2) is 0 Å². The van der Waals surface area contributed by atoms with Gasteiger partial charge in [0, 0.05) is 10.4 Å². The van der Waals surface area contributed by atoms with Crippen molar-refractivity contribution in [2.75, 3.05) is 0 Å². The number of aromatic nitrogens is 2. The second-order valence-corrected chi connectivity index (χ2v) is 5.96. The number of amides is 1. The molecular weight excluding hydrogens is 326 g/mol. The van der Waals surface area contributed by atoms with Crippen molar-refractivity contribution in [3.8, 4) is 0 Å². The zero-order valence-corrected chi connectivity index (χ0v) is 13.8. The lowest BCUT2D eigenvalue weighted by Crippen LogP contribution is -2.31. The van der Waals surface area contributed by atoms with E-state index in [1.54, 1.807) is 24.3 Å². The van der Waals surface area contributed by atoms with Crippen LogP contribution in [0.5, 0.6) is 0 Å². The fraction of sp³-hybridized carbons (Fsp3) is 0.167. The third-order valence-corrected chi connectivity index (χ3v) is 4.02. The number of rotatable bonds is 4. The maximum absolute atomic E-state index is 12.3. The molecule has 0 aliphatic heterocycles. The smallest absolute Gasteiger partial charge is 0.242 e. The van der Waals surface area contributed by atoms with Gasteiger partial charge in [0.05, 0.1) is 17.8 Å². The van der Waals surface area contributed by atoms with Crippen molar-refractivity contribution in [1.29, 1.82) is 0 Å². The Balaban J connectivity index is 1.78. The van der Waals surface area contributed by atoms with Gasteiger partial charge in [-0.2, -0.15) is 5.10 Å². The van der Waals surface area contributed by atoms with Gasteiger partial charge in [0.25, 0.3) is 0 Å². The number of fused-ring (bicyclic) bond motifs is 1. The molecule has 1 heterocycles. The molecule has 24 heavy (non-hydrogen) atoms. The van der Waals surface area contributed by atoms with Crippen LogP contribution in [0.25, 0.3) is 10.9 Å². The van der Waals surface area contributed by atoms with Gasteiger partial charge in [-0.15, -0.1) is 0 Å². The highest BCUT2D eigenvalue weighted by Gasteiger charge is 2.12. The molecule has 1 aromatic heterocycles. The van der Waals surface area contributed by atoms with Gasteiger partial charge >= 0.3 is 0 Å². The minimum Gasteiger partial charge on any atom is -0.348 e. The molecule has 1 amide bonds. The van der Waals surface area contributed by atoms with Crippen LogP contribution in [0.15, 0.2) is 59.5 Å². The highest BCUT2D eigenvalue weighted by molar-refractivity contribution is 6.30. The van der Waals surface area contributed by atoms with E-state index in [0.29, 0.717) is 15.9 Å². The van der Waals surface area contributed by atoms with Crippen molar-refractivity contribution in [2.45, 2.75) is 19.5 Å². The van der Waals surface area contributed by atoms with Gasteiger partial charge in [-0.1, -0.05) is 35.9 Å². The first-order valence-electron chi connectivity index (χ1n) is 7.54. The lowest BCUT2D eigenvalue weighted by atomic mass is 10.1. The Kier molecular flexibility index (Phi) is 4.62. The predicted octanol–water partition coefficient (Wildman–Crippen LogP) is 2.93. The zero-order valence-electron chi connectivity index (χ0n) is 13.1. The molecule has 0 saturated carbocycles. The Labute approximate surface area is 143 Å². The highest BCUT2D eigenvalue weighted by Crippen LogP contribution is 2.17. The number of nitrogens with one attached hydrogen (secondary N) is 1. The van der Waals surface area contributed by atoms with Crippen molar-refractivity contribution in [2.24, 2.45) is 0 Å². The fourth-order valence-corrected chi connectivity index (χ4v) is 2.77. The molecule has 3 aromatic rings. The SMILES string of the molecule is CC(NC(=O)Cn1ncc(=O)c2ccccc21)c1cccc(Cl)c1. The maximum Gasteiger partial charge on any atom is 0.242 e. The highest BCUT2D eigenvalue weighted by atomic mass is 35.5. The third kappa shape index (κ3) is 3.46. The summed E-state index contributed by atoms with van der Waals surface area (Å²) in [5.74, 6) is -0.191. The number of nitrogens with zero attached hydrogens (tertiary/aromatic N) is 2. The zero-order chi connectivity index (χ0) is 17.1. The fourth-order valence-electron chi connectivity index (χ4n) is 2.57. The van der Waals surface area contributed by atoms with E-state index in [1.807, 2.05) is 31.2 Å². The van der Waals surface area contributed by atoms with Crippen LogP contribution in [-0.4, -0.2) is 15.7 Å². The van der Waals surface area contributed by atoms with Crippen molar-refractivity contribution >= 4 is 28.4 Å². The molecule has 1 atom stereocenters. The summed E-state index contributed by atoms with van der Waals surface area (Å²) in [6, 6.07) is 14.3. The molecule has 2 aromatic carbocycles. The molecule has 0 saturated heterocycles. The first kappa shape index (κ1) is 16.2. The first-order chi connectivity index (χ1) is 11.5. The second kappa shape index (κ2) is 6.84. The van der Waals surface area contributed by atoms with Gasteiger partial charge in [-0.05, 0) is 36.8 Å². The lowest BCUT2D eigenvalue weighted by Gasteiger charge is -2.15. The largest absolute Gasteiger partial charge is 0.348 e. The quantitative estimate of drug-likeness (QED) is 0.793. The van der Waals surface area contributed by atoms with Crippen LogP contribution in [0.1, 0.15) is 18.5 Å². The van der Waals surface area contributed by atoms with Gasteiger partial charge in [0.1, 0.15) is 6.54 Å². The molecular formula is C18H16ClN3O2. The van der Waals surface area contributed by atoms with E-state index in [9.17, 15) is 9.59 Å². The van der Waals surface area contributed by atoms with E-state index < -0.39 is 0 Å². The van der Waals surface area contributed by atoms with E-state index in [1.165, 1.54) is 10.9 Å². The topological polar surface area (TPSA) is 64.0 Å². The van der Waals surface area contributed by atoms with Crippen LogP contribution in [0.4, 0.5) is 0 Å². The molecule has 0 aliphatic carbocycles. The standard InChI is InChI=1S/C18H16ClN3O2/c1-12(13-5-4-6-14(19)9-13)21-18(24)11-22-16-8-3-2-7-15(16)17(23)10-20-22/h2-10,12H,11H2,1H3,(H,21,24). The van der Waals surface area contributed by atoms with Gasteiger partial charge in [0.2, 0.25) is 11.3 Å². The van der Waals surface area contributed by atoms with Gasteiger partial charge < -0.3 is 5.32 Å². The number of para-hydroxylation sites is 1. The Hall–Kier alpha value is -2.66. The van der Waals surface area contributed by atoms with E-state index in [2.05, 4.69) is 10.4 Å². The van der Waals surface area contributed by atoms with Crippen LogP contribution in [0, 0.1) is 0 Å². The Morgan fingerprint density at radius 1 is 1.25 bits per heavy atom. The Bertz CT molecular complexity index is 952. The summed E-state index contributed by atoms with van der Waals surface area (Å²) in [5.41, 5.74) is 1.40. The number of carbonyl (C=O) groups excluding carboxylic acids is 1. The van der Waals surface area contributed by atoms with E-state index in [-0.39, 0.29) is 23.9 Å². The molecule has 3 rings (SSSR count). The van der Waals surface area contributed by atoms with Crippen LogP contribution >= 0.6 is 11.6 Å². The molecule has 0 bridgehead atoms. The average Bonchev–Trinajstić information content (AvgIpc) is 2.57. The van der Waals surface area contributed by atoms with E-state index in [4.69, 9.17) is 11.6 Å². The lowest BCUT2D eigenvalue weighted by molar-refractivity contribution is -0.122. The summed E-state index contributed by atoms with van der Waals surface area (Å²) >= 11 is 5.98. The number of hydrogen-bond donors (Lipinski definition) is 1. The van der Waals surface area contributed by atoms with Crippen LogP contribution in [-0.2, 0) is 11.3 Å². The summed E-state index contributed by atoms with van der Waals surface area (Å²) in [7, 11) is 0. The molecule has 1 N–H and O–H groups in total. The summed E-state index contributed by atoms with van der Waals surface area (Å²) in [6.45, 7) is 1.92. The summed E-state index contributed by atoms with van der Waals surface area (Å²) < 4.78 is 1.52. The van der Waals surface area contributed by atoms with Crippen LogP contribution in [0.2, 0.25) is 5.02 Å².